The van der Waals surface area contributed by atoms with Crippen molar-refractivity contribution in [2.75, 3.05) is 19.8 Å². The van der Waals surface area contributed by atoms with Crippen molar-refractivity contribution in [3.63, 3.8) is 0 Å². The molecule has 2 N–H and O–H groups in total. The zero-order valence-electron chi connectivity index (χ0n) is 11.5. The molecule has 0 aliphatic carbocycles. The lowest BCUT2D eigenvalue weighted by atomic mass is 10.0. The van der Waals surface area contributed by atoms with Gasteiger partial charge in [0.1, 0.15) is 5.75 Å². The van der Waals surface area contributed by atoms with Crippen LogP contribution in [0.25, 0.3) is 0 Å². The molecule has 0 fully saturated rings. The van der Waals surface area contributed by atoms with Crippen molar-refractivity contribution in [1.29, 1.82) is 0 Å². The number of phenolic OH excluding ortho intramolecular Hbond substituents is 1. The van der Waals surface area contributed by atoms with Crippen LogP contribution in [0.3, 0.4) is 0 Å². The molecule has 1 aromatic rings. The minimum absolute atomic E-state index is 0.220. The molecule has 0 heterocycles. The average Bonchev–Trinajstić information content (AvgIpc) is 2.39. The Morgan fingerprint density at radius 3 is 2.67 bits per heavy atom. The molecule has 0 radical (unpaired) electrons. The molecular formula is C15H25NO2. The maximum Gasteiger partial charge on any atom is 0.120 e. The summed E-state index contributed by atoms with van der Waals surface area (Å²) in [5, 5.41) is 13.3. The molecule has 1 atom stereocenters. The monoisotopic (exact) mass is 251 g/mol. The van der Waals surface area contributed by atoms with Gasteiger partial charge < -0.3 is 15.2 Å². The van der Waals surface area contributed by atoms with Crippen LogP contribution in [0, 0.1) is 0 Å². The van der Waals surface area contributed by atoms with Crippen LogP contribution < -0.4 is 5.32 Å². The molecule has 0 spiro atoms. The summed E-state index contributed by atoms with van der Waals surface area (Å²) < 4.78 is 5.44. The van der Waals surface area contributed by atoms with Crippen molar-refractivity contribution in [3.05, 3.63) is 29.8 Å². The fourth-order valence-corrected chi connectivity index (χ4v) is 1.95. The first-order valence-electron chi connectivity index (χ1n) is 6.88. The number of rotatable bonds is 9. The number of hydrogen-bond acceptors (Lipinski definition) is 3. The number of aromatic hydroxyl groups is 1. The highest BCUT2D eigenvalue weighted by atomic mass is 16.5. The van der Waals surface area contributed by atoms with Crippen LogP contribution in [0.4, 0.5) is 0 Å². The number of benzene rings is 1. The molecule has 0 aliphatic rings. The Hall–Kier alpha value is -1.06. The van der Waals surface area contributed by atoms with Crippen LogP contribution in [-0.4, -0.2) is 24.9 Å². The smallest absolute Gasteiger partial charge is 0.120 e. The second-order valence-electron chi connectivity index (χ2n) is 4.44. The Kier molecular flexibility index (Phi) is 7.46. The van der Waals surface area contributed by atoms with Crippen molar-refractivity contribution >= 4 is 0 Å². The SMILES string of the molecule is CCCOCCCNC(CC)c1ccccc1O. The lowest BCUT2D eigenvalue weighted by Crippen LogP contribution is -2.23. The summed E-state index contributed by atoms with van der Waals surface area (Å²) in [6, 6.07) is 7.75. The van der Waals surface area contributed by atoms with Crippen molar-refractivity contribution < 1.29 is 9.84 Å². The van der Waals surface area contributed by atoms with Crippen molar-refractivity contribution in [1.82, 2.24) is 5.32 Å². The number of hydrogen-bond donors (Lipinski definition) is 2. The fourth-order valence-electron chi connectivity index (χ4n) is 1.95. The summed E-state index contributed by atoms with van der Waals surface area (Å²) in [6.07, 6.45) is 3.04. The average molecular weight is 251 g/mol. The number of nitrogens with one attached hydrogen (secondary N) is 1. The Labute approximate surface area is 110 Å². The minimum Gasteiger partial charge on any atom is -0.508 e. The van der Waals surface area contributed by atoms with E-state index in [2.05, 4.69) is 19.2 Å². The zero-order chi connectivity index (χ0) is 13.2. The molecule has 18 heavy (non-hydrogen) atoms. The first-order chi connectivity index (χ1) is 8.79. The lowest BCUT2D eigenvalue weighted by Gasteiger charge is -2.18. The third-order valence-electron chi connectivity index (χ3n) is 2.93. The molecule has 3 heteroatoms. The van der Waals surface area contributed by atoms with E-state index in [0.717, 1.165) is 44.6 Å². The number of phenols is 1. The zero-order valence-corrected chi connectivity index (χ0v) is 11.5. The first-order valence-corrected chi connectivity index (χ1v) is 6.88. The van der Waals surface area contributed by atoms with Gasteiger partial charge in [-0.2, -0.15) is 0 Å². The van der Waals surface area contributed by atoms with Crippen LogP contribution in [0.5, 0.6) is 5.75 Å². The van der Waals surface area contributed by atoms with Crippen LogP contribution >= 0.6 is 0 Å². The van der Waals surface area contributed by atoms with Gasteiger partial charge in [0.2, 0.25) is 0 Å². The molecule has 0 aliphatic heterocycles. The number of ether oxygens (including phenoxy) is 1. The lowest BCUT2D eigenvalue weighted by molar-refractivity contribution is 0.131. The molecule has 0 bridgehead atoms. The minimum atomic E-state index is 0.220. The Morgan fingerprint density at radius 1 is 1.22 bits per heavy atom. The second kappa shape index (κ2) is 8.95. The summed E-state index contributed by atoms with van der Waals surface area (Å²) in [4.78, 5) is 0. The van der Waals surface area contributed by atoms with E-state index in [-0.39, 0.29) is 6.04 Å². The van der Waals surface area contributed by atoms with Crippen molar-refractivity contribution in [2.24, 2.45) is 0 Å². The topological polar surface area (TPSA) is 41.5 Å². The van der Waals surface area contributed by atoms with Crippen molar-refractivity contribution in [2.45, 2.75) is 39.2 Å². The molecule has 102 valence electrons. The van der Waals surface area contributed by atoms with E-state index in [4.69, 9.17) is 4.74 Å². The highest BCUT2D eigenvalue weighted by molar-refractivity contribution is 5.34. The molecule has 1 rings (SSSR count). The van der Waals surface area contributed by atoms with E-state index in [1.807, 2.05) is 18.2 Å². The first kappa shape index (κ1) is 15.0. The van der Waals surface area contributed by atoms with Gasteiger partial charge in [-0.25, -0.2) is 0 Å². The Bertz CT molecular complexity index is 328. The van der Waals surface area contributed by atoms with Gasteiger partial charge in [0.15, 0.2) is 0 Å². The summed E-state index contributed by atoms with van der Waals surface area (Å²) in [5.74, 6) is 0.374. The normalized spacial score (nSPS) is 12.6. The largest absolute Gasteiger partial charge is 0.508 e. The summed E-state index contributed by atoms with van der Waals surface area (Å²) in [6.45, 7) is 6.80. The molecule has 1 unspecified atom stereocenters. The molecule has 0 aromatic heterocycles. The van der Waals surface area contributed by atoms with E-state index >= 15 is 0 Å². The highest BCUT2D eigenvalue weighted by Crippen LogP contribution is 2.25. The van der Waals surface area contributed by atoms with Crippen LogP contribution in [-0.2, 0) is 4.74 Å². The van der Waals surface area contributed by atoms with Crippen molar-refractivity contribution in [3.8, 4) is 5.75 Å². The van der Waals surface area contributed by atoms with Gasteiger partial charge in [-0.3, -0.25) is 0 Å². The molecule has 1 aromatic carbocycles. The summed E-state index contributed by atoms with van der Waals surface area (Å²) in [5.41, 5.74) is 0.981. The summed E-state index contributed by atoms with van der Waals surface area (Å²) in [7, 11) is 0. The van der Waals surface area contributed by atoms with Gasteiger partial charge in [0.25, 0.3) is 0 Å². The number of para-hydroxylation sites is 1. The molecular weight excluding hydrogens is 226 g/mol. The van der Waals surface area contributed by atoms with E-state index in [9.17, 15) is 5.11 Å². The molecule has 0 amide bonds. The fraction of sp³-hybridized carbons (Fsp3) is 0.600. The second-order valence-corrected chi connectivity index (χ2v) is 4.44. The van der Waals surface area contributed by atoms with Crippen LogP contribution in [0.2, 0.25) is 0 Å². The maximum atomic E-state index is 9.82. The molecule has 0 saturated carbocycles. The van der Waals surface area contributed by atoms with Crippen LogP contribution in [0.1, 0.15) is 44.7 Å². The standard InChI is InChI=1S/C15H25NO2/c1-3-11-18-12-7-10-16-14(4-2)13-8-5-6-9-15(13)17/h5-6,8-9,14,16-17H,3-4,7,10-12H2,1-2H3. The predicted molar refractivity (Wildman–Crippen MR) is 74.9 cm³/mol. The molecule has 0 saturated heterocycles. The van der Waals surface area contributed by atoms with Gasteiger partial charge in [0, 0.05) is 24.8 Å². The predicted octanol–water partition coefficient (Wildman–Crippen LogP) is 3.25. The van der Waals surface area contributed by atoms with Gasteiger partial charge in [-0.1, -0.05) is 32.0 Å². The highest BCUT2D eigenvalue weighted by Gasteiger charge is 2.11. The quantitative estimate of drug-likeness (QED) is 0.662. The van der Waals surface area contributed by atoms with Gasteiger partial charge in [-0.05, 0) is 31.9 Å². The molecule has 3 nitrogen and oxygen atoms in total. The van der Waals surface area contributed by atoms with Gasteiger partial charge >= 0.3 is 0 Å². The Morgan fingerprint density at radius 2 is 2.00 bits per heavy atom. The van der Waals surface area contributed by atoms with Crippen LogP contribution in [0.15, 0.2) is 24.3 Å². The van der Waals surface area contributed by atoms with E-state index in [1.165, 1.54) is 0 Å². The van der Waals surface area contributed by atoms with E-state index in [0.29, 0.717) is 5.75 Å². The Balaban J connectivity index is 2.32. The summed E-state index contributed by atoms with van der Waals surface area (Å²) >= 11 is 0. The van der Waals surface area contributed by atoms with E-state index in [1.54, 1.807) is 6.07 Å². The van der Waals surface area contributed by atoms with Gasteiger partial charge in [-0.15, -0.1) is 0 Å². The maximum absolute atomic E-state index is 9.82. The van der Waals surface area contributed by atoms with E-state index < -0.39 is 0 Å². The third kappa shape index (κ3) is 5.07. The van der Waals surface area contributed by atoms with Gasteiger partial charge in [0.05, 0.1) is 0 Å². The third-order valence-corrected chi connectivity index (χ3v) is 2.93.